The average Bonchev–Trinajstić information content (AvgIpc) is 2.36. The van der Waals surface area contributed by atoms with Gasteiger partial charge in [-0.05, 0) is 0 Å². The van der Waals surface area contributed by atoms with Crippen molar-refractivity contribution in [3.63, 3.8) is 0 Å². The number of nitrogens with two attached hydrogens (primary N) is 1. The summed E-state index contributed by atoms with van der Waals surface area (Å²) >= 11 is 4.03. The summed E-state index contributed by atoms with van der Waals surface area (Å²) in [6.45, 7) is 0. The lowest BCUT2D eigenvalue weighted by Crippen LogP contribution is -2.32. The molecule has 0 unspecified atom stereocenters. The predicted molar refractivity (Wildman–Crippen MR) is 45.2 cm³/mol. The first-order chi connectivity index (χ1) is 5.61. The highest BCUT2D eigenvalue weighted by molar-refractivity contribution is 7.80. The predicted octanol–water partition coefficient (Wildman–Crippen LogP) is -0.347. The lowest BCUT2D eigenvalue weighted by Gasteiger charge is -2.03. The standard InChI is InChI=1S/C6H9N3O2S/c7-3(6(10)11)1-4-5(12)9-2-8-4/h2-3,12H,1,7H2,(H,8,9)(H,10,11)/t3-/m1/s1. The van der Waals surface area contributed by atoms with Gasteiger partial charge in [0.1, 0.15) is 6.04 Å². The summed E-state index contributed by atoms with van der Waals surface area (Å²) in [5.41, 5.74) is 5.87. The van der Waals surface area contributed by atoms with Crippen LogP contribution in [0.1, 0.15) is 5.69 Å². The van der Waals surface area contributed by atoms with Crippen LogP contribution in [0.5, 0.6) is 0 Å². The van der Waals surface area contributed by atoms with Gasteiger partial charge in [0, 0.05) is 6.42 Å². The molecule has 66 valence electrons. The van der Waals surface area contributed by atoms with Crippen LogP contribution < -0.4 is 5.73 Å². The molecule has 0 radical (unpaired) electrons. The molecule has 0 aliphatic carbocycles. The Kier molecular flexibility index (Phi) is 2.72. The number of hydrogen-bond acceptors (Lipinski definition) is 4. The molecule has 1 atom stereocenters. The third kappa shape index (κ3) is 1.99. The number of H-pyrrole nitrogens is 1. The molecule has 1 heterocycles. The van der Waals surface area contributed by atoms with Crippen LogP contribution in [-0.2, 0) is 11.2 Å². The Morgan fingerprint density at radius 3 is 3.00 bits per heavy atom. The van der Waals surface area contributed by atoms with Crippen molar-refractivity contribution < 1.29 is 9.90 Å². The van der Waals surface area contributed by atoms with Gasteiger partial charge in [0.2, 0.25) is 0 Å². The van der Waals surface area contributed by atoms with Crippen LogP contribution in [0.4, 0.5) is 0 Å². The molecule has 0 bridgehead atoms. The van der Waals surface area contributed by atoms with Crippen LogP contribution in [0, 0.1) is 0 Å². The second-order valence-electron chi connectivity index (χ2n) is 2.35. The van der Waals surface area contributed by atoms with Gasteiger partial charge < -0.3 is 15.8 Å². The molecule has 5 nitrogen and oxygen atoms in total. The maximum atomic E-state index is 10.3. The molecule has 0 saturated carbocycles. The van der Waals surface area contributed by atoms with Crippen molar-refractivity contribution >= 4 is 18.6 Å². The van der Waals surface area contributed by atoms with Gasteiger partial charge in [-0.1, -0.05) is 0 Å². The van der Waals surface area contributed by atoms with E-state index in [9.17, 15) is 4.79 Å². The number of aromatic amines is 1. The number of aromatic nitrogens is 2. The number of imidazole rings is 1. The topological polar surface area (TPSA) is 92.0 Å². The maximum absolute atomic E-state index is 10.3. The summed E-state index contributed by atoms with van der Waals surface area (Å²) in [5.74, 6) is -1.04. The molecule has 0 aromatic carbocycles. The Balaban J connectivity index is 2.64. The van der Waals surface area contributed by atoms with Crippen molar-refractivity contribution in [2.75, 3.05) is 0 Å². The SMILES string of the molecule is N[C@H](Cc1nc[nH]c1S)C(=O)O. The second kappa shape index (κ2) is 3.59. The molecule has 4 N–H and O–H groups in total. The van der Waals surface area contributed by atoms with E-state index in [1.165, 1.54) is 6.33 Å². The summed E-state index contributed by atoms with van der Waals surface area (Å²) in [7, 11) is 0. The van der Waals surface area contributed by atoms with Gasteiger partial charge >= 0.3 is 5.97 Å². The summed E-state index contributed by atoms with van der Waals surface area (Å²) in [6, 6.07) is -0.917. The van der Waals surface area contributed by atoms with E-state index >= 15 is 0 Å². The normalized spacial score (nSPS) is 12.8. The van der Waals surface area contributed by atoms with E-state index in [0.29, 0.717) is 10.7 Å². The number of nitrogens with zero attached hydrogens (tertiary/aromatic N) is 1. The van der Waals surface area contributed by atoms with Crippen LogP contribution >= 0.6 is 12.6 Å². The van der Waals surface area contributed by atoms with E-state index < -0.39 is 12.0 Å². The number of carbonyl (C=O) groups is 1. The fourth-order valence-electron chi connectivity index (χ4n) is 0.761. The van der Waals surface area contributed by atoms with Gasteiger partial charge in [-0.15, -0.1) is 12.6 Å². The van der Waals surface area contributed by atoms with Gasteiger partial charge in [0.15, 0.2) is 0 Å². The quantitative estimate of drug-likeness (QED) is 0.487. The minimum Gasteiger partial charge on any atom is -0.480 e. The van der Waals surface area contributed by atoms with E-state index in [2.05, 4.69) is 22.6 Å². The van der Waals surface area contributed by atoms with Crippen LogP contribution in [0.15, 0.2) is 11.4 Å². The molecule has 0 saturated heterocycles. The second-order valence-corrected chi connectivity index (χ2v) is 2.79. The zero-order chi connectivity index (χ0) is 9.14. The number of carboxylic acid groups (broad SMARTS) is 1. The molecule has 1 aromatic heterocycles. The van der Waals surface area contributed by atoms with E-state index in [4.69, 9.17) is 10.8 Å². The molecule has 0 aliphatic rings. The fraction of sp³-hybridized carbons (Fsp3) is 0.333. The highest BCUT2D eigenvalue weighted by Gasteiger charge is 2.14. The molecular weight excluding hydrogens is 178 g/mol. The van der Waals surface area contributed by atoms with Gasteiger partial charge in [-0.25, -0.2) is 4.98 Å². The molecule has 6 heteroatoms. The fourth-order valence-corrected chi connectivity index (χ4v) is 0.968. The first-order valence-corrected chi connectivity index (χ1v) is 3.75. The molecule has 12 heavy (non-hydrogen) atoms. The van der Waals surface area contributed by atoms with Crippen LogP contribution in [0.25, 0.3) is 0 Å². The minimum atomic E-state index is -1.04. The lowest BCUT2D eigenvalue weighted by atomic mass is 10.2. The van der Waals surface area contributed by atoms with E-state index in [1.807, 2.05) is 0 Å². The molecule has 0 fully saturated rings. The van der Waals surface area contributed by atoms with Crippen LogP contribution in [-0.4, -0.2) is 27.1 Å². The Hall–Kier alpha value is -1.01. The minimum absolute atomic E-state index is 0.192. The van der Waals surface area contributed by atoms with Gasteiger partial charge in [-0.2, -0.15) is 0 Å². The molecule has 0 amide bonds. The largest absolute Gasteiger partial charge is 0.480 e. The maximum Gasteiger partial charge on any atom is 0.320 e. The van der Waals surface area contributed by atoms with Crippen LogP contribution in [0.3, 0.4) is 0 Å². The number of hydrogen-bond donors (Lipinski definition) is 4. The monoisotopic (exact) mass is 187 g/mol. The Morgan fingerprint density at radius 2 is 2.58 bits per heavy atom. The van der Waals surface area contributed by atoms with Crippen molar-refractivity contribution in [3.05, 3.63) is 12.0 Å². The van der Waals surface area contributed by atoms with E-state index in [-0.39, 0.29) is 6.42 Å². The zero-order valence-corrected chi connectivity index (χ0v) is 7.08. The number of rotatable bonds is 3. The first kappa shape index (κ1) is 9.08. The summed E-state index contributed by atoms with van der Waals surface area (Å²) < 4.78 is 0. The van der Waals surface area contributed by atoms with Crippen molar-refractivity contribution in [2.45, 2.75) is 17.5 Å². The highest BCUT2D eigenvalue weighted by atomic mass is 32.1. The van der Waals surface area contributed by atoms with E-state index in [1.54, 1.807) is 0 Å². The molecular formula is C6H9N3O2S. The van der Waals surface area contributed by atoms with Gasteiger partial charge in [-0.3, -0.25) is 4.79 Å². The zero-order valence-electron chi connectivity index (χ0n) is 6.19. The van der Waals surface area contributed by atoms with Crippen molar-refractivity contribution in [1.29, 1.82) is 0 Å². The number of nitrogens with one attached hydrogen (secondary N) is 1. The number of aliphatic carboxylic acids is 1. The number of thiol groups is 1. The number of carboxylic acids is 1. The van der Waals surface area contributed by atoms with Crippen molar-refractivity contribution in [1.82, 2.24) is 9.97 Å². The summed E-state index contributed by atoms with van der Waals surface area (Å²) in [6.07, 6.45) is 1.64. The highest BCUT2D eigenvalue weighted by Crippen LogP contribution is 2.08. The molecule has 1 rings (SSSR count). The van der Waals surface area contributed by atoms with Crippen molar-refractivity contribution in [2.24, 2.45) is 5.73 Å². The molecule has 0 spiro atoms. The summed E-state index contributed by atoms with van der Waals surface area (Å²) in [4.78, 5) is 16.9. The third-order valence-corrected chi connectivity index (χ3v) is 1.81. The Bertz CT molecular complexity index is 286. The third-order valence-electron chi connectivity index (χ3n) is 1.43. The lowest BCUT2D eigenvalue weighted by molar-refractivity contribution is -0.138. The molecule has 1 aromatic rings. The Labute approximate surface area is 74.4 Å². The summed E-state index contributed by atoms with van der Waals surface area (Å²) in [5, 5.41) is 9.05. The smallest absolute Gasteiger partial charge is 0.320 e. The van der Waals surface area contributed by atoms with Gasteiger partial charge in [0.05, 0.1) is 17.0 Å². The van der Waals surface area contributed by atoms with E-state index in [0.717, 1.165) is 0 Å². The Morgan fingerprint density at radius 1 is 1.92 bits per heavy atom. The van der Waals surface area contributed by atoms with Crippen LogP contribution in [0.2, 0.25) is 0 Å². The first-order valence-electron chi connectivity index (χ1n) is 3.31. The molecule has 0 aliphatic heterocycles. The van der Waals surface area contributed by atoms with Crippen molar-refractivity contribution in [3.8, 4) is 0 Å². The van der Waals surface area contributed by atoms with Gasteiger partial charge in [0.25, 0.3) is 0 Å². The average molecular weight is 187 g/mol.